The van der Waals surface area contributed by atoms with Crippen molar-refractivity contribution in [2.24, 2.45) is 10.8 Å². The molecule has 5 nitrogen and oxygen atoms in total. The molecule has 0 fully saturated rings. The Labute approximate surface area is 109 Å². The summed E-state index contributed by atoms with van der Waals surface area (Å²) < 4.78 is 4.99. The molecule has 0 heterocycles. The second kappa shape index (κ2) is 7.68. The zero-order valence-electron chi connectivity index (χ0n) is 11.3. The highest BCUT2D eigenvalue weighted by Gasteiger charge is 2.08. The molecule has 0 aliphatic carbocycles. The summed E-state index contributed by atoms with van der Waals surface area (Å²) in [7, 11) is 3.63. The summed E-state index contributed by atoms with van der Waals surface area (Å²) in [5.41, 5.74) is 4.90. The number of nitrogens with one attached hydrogen (secondary N) is 1. The third-order valence-electron chi connectivity index (χ3n) is 2.69. The van der Waals surface area contributed by atoms with Crippen LogP contribution in [0.3, 0.4) is 0 Å². The number of hydrogen-bond donors (Lipinski definition) is 2. The first kappa shape index (κ1) is 14.5. The number of aryl methyl sites for hydroxylation is 1. The van der Waals surface area contributed by atoms with Crippen LogP contribution in [0, 0.1) is 6.92 Å². The van der Waals surface area contributed by atoms with Crippen LogP contribution in [0.15, 0.2) is 29.3 Å². The predicted molar refractivity (Wildman–Crippen MR) is 75.7 cm³/mol. The fourth-order valence-corrected chi connectivity index (χ4v) is 1.70. The highest BCUT2D eigenvalue weighted by molar-refractivity contribution is 5.95. The maximum Gasteiger partial charge on any atom is 0.212 e. The normalized spacial score (nSPS) is 11.4. The van der Waals surface area contributed by atoms with Gasteiger partial charge < -0.3 is 9.64 Å². The van der Waals surface area contributed by atoms with E-state index in [-0.39, 0.29) is 0 Å². The van der Waals surface area contributed by atoms with Crippen LogP contribution in [-0.2, 0) is 4.74 Å². The number of aliphatic imine (C=N–C) groups is 1. The van der Waals surface area contributed by atoms with E-state index in [0.29, 0.717) is 19.1 Å². The number of para-hydroxylation sites is 1. The average molecular weight is 250 g/mol. The minimum atomic E-state index is 0.653. The number of hydrogen-bond acceptors (Lipinski definition) is 3. The third-order valence-corrected chi connectivity index (χ3v) is 2.69. The van der Waals surface area contributed by atoms with E-state index in [1.54, 1.807) is 7.11 Å². The number of rotatable bonds is 5. The molecule has 100 valence electrons. The summed E-state index contributed by atoms with van der Waals surface area (Å²) in [6.45, 7) is 3.45. The Morgan fingerprint density at radius 3 is 2.78 bits per heavy atom. The zero-order valence-corrected chi connectivity index (χ0v) is 11.3. The fourth-order valence-electron chi connectivity index (χ4n) is 1.70. The lowest BCUT2D eigenvalue weighted by molar-refractivity contribution is 0.197. The second-order valence-electron chi connectivity index (χ2n) is 4.04. The van der Waals surface area contributed by atoms with Crippen molar-refractivity contribution in [3.8, 4) is 0 Å². The van der Waals surface area contributed by atoms with Gasteiger partial charge in [-0.1, -0.05) is 18.2 Å². The van der Waals surface area contributed by atoms with Crippen molar-refractivity contribution in [1.82, 2.24) is 5.43 Å². The number of anilines is 1. The summed E-state index contributed by atoms with van der Waals surface area (Å²) in [4.78, 5) is 6.37. The van der Waals surface area contributed by atoms with Gasteiger partial charge in [0, 0.05) is 33.0 Å². The van der Waals surface area contributed by atoms with E-state index in [9.17, 15) is 0 Å². The number of hydrazine groups is 1. The molecule has 0 spiro atoms. The van der Waals surface area contributed by atoms with Gasteiger partial charge in [-0.25, -0.2) is 5.84 Å². The number of nitrogens with two attached hydrogens (primary N) is 1. The summed E-state index contributed by atoms with van der Waals surface area (Å²) >= 11 is 0. The van der Waals surface area contributed by atoms with Crippen LogP contribution in [0.5, 0.6) is 0 Å². The molecule has 5 heteroatoms. The van der Waals surface area contributed by atoms with Gasteiger partial charge in [0.05, 0.1) is 0 Å². The molecule has 0 radical (unpaired) electrons. The Kier molecular flexibility index (Phi) is 6.18. The van der Waals surface area contributed by atoms with Crippen molar-refractivity contribution in [2.75, 3.05) is 32.2 Å². The molecular formula is C13H22N4O. The van der Waals surface area contributed by atoms with Crippen molar-refractivity contribution < 1.29 is 4.74 Å². The van der Waals surface area contributed by atoms with Crippen LogP contribution in [0.25, 0.3) is 0 Å². The van der Waals surface area contributed by atoms with Gasteiger partial charge in [0.15, 0.2) is 0 Å². The lowest BCUT2D eigenvalue weighted by atomic mass is 10.2. The fraction of sp³-hybridized carbons (Fsp3) is 0.462. The van der Waals surface area contributed by atoms with Gasteiger partial charge in [-0.05, 0) is 25.0 Å². The second-order valence-corrected chi connectivity index (χ2v) is 4.04. The van der Waals surface area contributed by atoms with E-state index in [2.05, 4.69) is 23.4 Å². The molecule has 1 aromatic rings. The van der Waals surface area contributed by atoms with E-state index >= 15 is 0 Å². The van der Waals surface area contributed by atoms with Crippen molar-refractivity contribution in [3.05, 3.63) is 29.8 Å². The molecule has 0 atom stereocenters. The maximum atomic E-state index is 5.52. The Morgan fingerprint density at radius 2 is 2.17 bits per heavy atom. The molecule has 1 rings (SSSR count). The lowest BCUT2D eigenvalue weighted by Crippen LogP contribution is -2.43. The molecule has 0 amide bonds. The molecule has 0 saturated heterocycles. The largest absolute Gasteiger partial charge is 0.385 e. The SMILES string of the molecule is COCCCN=C(NN)N(C)c1ccccc1C. The molecule has 1 aromatic carbocycles. The number of guanidine groups is 1. The third kappa shape index (κ3) is 4.01. The number of nitrogens with zero attached hydrogens (tertiary/aromatic N) is 2. The van der Waals surface area contributed by atoms with Gasteiger partial charge in [0.25, 0.3) is 0 Å². The Bertz CT molecular complexity index is 392. The molecule has 3 N–H and O–H groups in total. The highest BCUT2D eigenvalue weighted by Crippen LogP contribution is 2.17. The first-order chi connectivity index (χ1) is 8.70. The first-order valence-corrected chi connectivity index (χ1v) is 6.00. The number of ether oxygens (including phenoxy) is 1. The summed E-state index contributed by atoms with van der Waals surface area (Å²) in [5, 5.41) is 0. The highest BCUT2D eigenvalue weighted by atomic mass is 16.5. The standard InChI is InChI=1S/C13H22N4O/c1-11-7-4-5-8-12(11)17(2)13(16-14)15-9-6-10-18-3/h4-5,7-8H,6,9-10,14H2,1-3H3,(H,15,16). The van der Waals surface area contributed by atoms with E-state index < -0.39 is 0 Å². The Hall–Kier alpha value is -1.59. The van der Waals surface area contributed by atoms with Crippen molar-refractivity contribution in [1.29, 1.82) is 0 Å². The van der Waals surface area contributed by atoms with E-state index in [4.69, 9.17) is 10.6 Å². The van der Waals surface area contributed by atoms with Gasteiger partial charge in [0.1, 0.15) is 0 Å². The van der Waals surface area contributed by atoms with Crippen LogP contribution in [0.4, 0.5) is 5.69 Å². The number of methoxy groups -OCH3 is 1. The monoisotopic (exact) mass is 250 g/mol. The first-order valence-electron chi connectivity index (χ1n) is 6.00. The maximum absolute atomic E-state index is 5.52. The van der Waals surface area contributed by atoms with Gasteiger partial charge in [-0.15, -0.1) is 0 Å². The molecule has 0 aliphatic rings. The minimum Gasteiger partial charge on any atom is -0.385 e. The van der Waals surface area contributed by atoms with Gasteiger partial charge in [-0.2, -0.15) is 0 Å². The van der Waals surface area contributed by atoms with Crippen molar-refractivity contribution in [3.63, 3.8) is 0 Å². The van der Waals surface area contributed by atoms with Crippen molar-refractivity contribution >= 4 is 11.6 Å². The predicted octanol–water partition coefficient (Wildman–Crippen LogP) is 1.29. The van der Waals surface area contributed by atoms with E-state index in [0.717, 1.165) is 12.1 Å². The van der Waals surface area contributed by atoms with Crippen LogP contribution >= 0.6 is 0 Å². The quantitative estimate of drug-likeness (QED) is 0.272. The Balaban J connectivity index is 2.73. The van der Waals surface area contributed by atoms with Gasteiger partial charge >= 0.3 is 0 Å². The van der Waals surface area contributed by atoms with Crippen molar-refractivity contribution in [2.45, 2.75) is 13.3 Å². The molecule has 0 aliphatic heterocycles. The average Bonchev–Trinajstić information content (AvgIpc) is 2.39. The molecule has 0 aromatic heterocycles. The molecule has 0 saturated carbocycles. The van der Waals surface area contributed by atoms with Crippen LogP contribution in [-0.4, -0.2) is 33.3 Å². The van der Waals surface area contributed by atoms with Crippen LogP contribution in [0.1, 0.15) is 12.0 Å². The summed E-state index contributed by atoms with van der Waals surface area (Å²) in [6, 6.07) is 8.11. The van der Waals surface area contributed by atoms with E-state index in [1.807, 2.05) is 30.1 Å². The number of benzene rings is 1. The zero-order chi connectivity index (χ0) is 13.4. The lowest BCUT2D eigenvalue weighted by Gasteiger charge is -2.22. The van der Waals surface area contributed by atoms with Gasteiger partial charge in [-0.3, -0.25) is 10.4 Å². The molecular weight excluding hydrogens is 228 g/mol. The van der Waals surface area contributed by atoms with Crippen LogP contribution in [0.2, 0.25) is 0 Å². The minimum absolute atomic E-state index is 0.653. The summed E-state index contributed by atoms with van der Waals surface area (Å²) in [5.74, 6) is 6.18. The molecule has 0 bridgehead atoms. The molecule has 18 heavy (non-hydrogen) atoms. The van der Waals surface area contributed by atoms with Gasteiger partial charge in [0.2, 0.25) is 5.96 Å². The Morgan fingerprint density at radius 1 is 1.44 bits per heavy atom. The topological polar surface area (TPSA) is 62.9 Å². The van der Waals surface area contributed by atoms with Crippen LogP contribution < -0.4 is 16.2 Å². The summed E-state index contributed by atoms with van der Waals surface area (Å²) in [6.07, 6.45) is 0.878. The molecule has 0 unspecified atom stereocenters. The van der Waals surface area contributed by atoms with E-state index in [1.165, 1.54) is 5.56 Å². The smallest absolute Gasteiger partial charge is 0.212 e.